The normalized spacial score (nSPS) is 10.7. The van der Waals surface area contributed by atoms with Gasteiger partial charge in [-0.05, 0) is 24.6 Å². The third kappa shape index (κ3) is 3.43. The number of aryl methyl sites for hydroxylation is 1. The molecule has 4 nitrogen and oxygen atoms in total. The maximum Gasteiger partial charge on any atom is 0.254 e. The van der Waals surface area contributed by atoms with Gasteiger partial charge in [0.25, 0.3) is 5.56 Å². The number of halogens is 1. The summed E-state index contributed by atoms with van der Waals surface area (Å²) in [6.07, 6.45) is 0.877. The highest BCUT2D eigenvalue weighted by Gasteiger charge is 2.08. The average Bonchev–Trinajstić information content (AvgIpc) is 2.37. The molecule has 1 aromatic heterocycles. The van der Waals surface area contributed by atoms with E-state index in [1.54, 1.807) is 6.92 Å². The Morgan fingerprint density at radius 3 is 2.58 bits per heavy atom. The quantitative estimate of drug-likeness (QED) is 0.897. The minimum absolute atomic E-state index is 0.0534. The van der Waals surface area contributed by atoms with Gasteiger partial charge in [-0.1, -0.05) is 23.7 Å². The summed E-state index contributed by atoms with van der Waals surface area (Å²) in [7, 11) is 0. The van der Waals surface area contributed by atoms with Gasteiger partial charge in [0.05, 0.1) is 0 Å². The Hall–Kier alpha value is -1.65. The molecule has 1 aromatic carbocycles. The van der Waals surface area contributed by atoms with Crippen molar-refractivity contribution < 1.29 is 5.11 Å². The SMILES string of the molecule is Cc1nc(Cc2ccc(Cl)cc2)[nH]c(=O)c1CCO. The monoisotopic (exact) mass is 278 g/mol. The topological polar surface area (TPSA) is 66.0 Å². The number of aliphatic hydroxyl groups excluding tert-OH is 1. The predicted molar refractivity (Wildman–Crippen MR) is 74.6 cm³/mol. The summed E-state index contributed by atoms with van der Waals surface area (Å²) in [6, 6.07) is 7.42. The van der Waals surface area contributed by atoms with Gasteiger partial charge in [-0.2, -0.15) is 0 Å². The van der Waals surface area contributed by atoms with Crippen LogP contribution in [0.5, 0.6) is 0 Å². The zero-order valence-corrected chi connectivity index (χ0v) is 11.4. The minimum atomic E-state index is -0.175. The molecule has 2 N–H and O–H groups in total. The van der Waals surface area contributed by atoms with E-state index in [1.807, 2.05) is 24.3 Å². The number of aromatic nitrogens is 2. The second-order valence-corrected chi connectivity index (χ2v) is 4.79. The Bertz CT molecular complexity index is 620. The van der Waals surface area contributed by atoms with Gasteiger partial charge in [0, 0.05) is 35.7 Å². The summed E-state index contributed by atoms with van der Waals surface area (Å²) >= 11 is 5.82. The van der Waals surface area contributed by atoms with E-state index in [1.165, 1.54) is 0 Å². The van der Waals surface area contributed by atoms with Crippen molar-refractivity contribution in [1.29, 1.82) is 0 Å². The molecule has 0 fully saturated rings. The predicted octanol–water partition coefficient (Wildman–Crippen LogP) is 1.86. The van der Waals surface area contributed by atoms with Crippen LogP contribution in [0.2, 0.25) is 5.02 Å². The molecule has 2 aromatic rings. The first-order valence-electron chi connectivity index (χ1n) is 6.04. The van der Waals surface area contributed by atoms with E-state index in [0.29, 0.717) is 34.9 Å². The van der Waals surface area contributed by atoms with Crippen LogP contribution in [0.4, 0.5) is 0 Å². The molecule has 0 amide bonds. The van der Waals surface area contributed by atoms with Crippen molar-refractivity contribution >= 4 is 11.6 Å². The Labute approximate surface area is 116 Å². The van der Waals surface area contributed by atoms with Crippen molar-refractivity contribution in [3.05, 3.63) is 62.3 Å². The lowest BCUT2D eigenvalue weighted by Gasteiger charge is -2.06. The molecule has 0 saturated carbocycles. The van der Waals surface area contributed by atoms with Gasteiger partial charge in [0.2, 0.25) is 0 Å². The summed E-state index contributed by atoms with van der Waals surface area (Å²) in [4.78, 5) is 19.0. The molecule has 100 valence electrons. The number of rotatable bonds is 4. The fraction of sp³-hybridized carbons (Fsp3) is 0.286. The van der Waals surface area contributed by atoms with Crippen molar-refractivity contribution in [3.8, 4) is 0 Å². The van der Waals surface area contributed by atoms with Gasteiger partial charge in [0.1, 0.15) is 5.82 Å². The maximum absolute atomic E-state index is 11.9. The Morgan fingerprint density at radius 1 is 1.32 bits per heavy atom. The number of aliphatic hydroxyl groups is 1. The molecule has 2 rings (SSSR count). The molecule has 0 aliphatic rings. The molecule has 0 unspecified atom stereocenters. The van der Waals surface area contributed by atoms with E-state index in [0.717, 1.165) is 5.56 Å². The molecular weight excluding hydrogens is 264 g/mol. The largest absolute Gasteiger partial charge is 0.396 e. The number of hydrogen-bond donors (Lipinski definition) is 2. The molecule has 1 heterocycles. The minimum Gasteiger partial charge on any atom is -0.396 e. The lowest BCUT2D eigenvalue weighted by molar-refractivity contribution is 0.298. The van der Waals surface area contributed by atoms with Crippen LogP contribution in [0, 0.1) is 6.92 Å². The van der Waals surface area contributed by atoms with E-state index in [9.17, 15) is 4.79 Å². The van der Waals surface area contributed by atoms with Crippen LogP contribution in [-0.4, -0.2) is 21.7 Å². The molecular formula is C14H15ClN2O2. The van der Waals surface area contributed by atoms with Crippen molar-refractivity contribution in [2.45, 2.75) is 19.8 Å². The van der Waals surface area contributed by atoms with Crippen molar-refractivity contribution in [3.63, 3.8) is 0 Å². The zero-order valence-electron chi connectivity index (χ0n) is 10.6. The second-order valence-electron chi connectivity index (χ2n) is 4.35. The second kappa shape index (κ2) is 5.99. The van der Waals surface area contributed by atoms with Gasteiger partial charge in [0.15, 0.2) is 0 Å². The third-order valence-electron chi connectivity index (χ3n) is 2.92. The van der Waals surface area contributed by atoms with Crippen LogP contribution < -0.4 is 5.56 Å². The molecule has 0 aliphatic heterocycles. The lowest BCUT2D eigenvalue weighted by Crippen LogP contribution is -2.20. The zero-order chi connectivity index (χ0) is 13.8. The number of nitrogens with zero attached hydrogens (tertiary/aromatic N) is 1. The van der Waals surface area contributed by atoms with E-state index >= 15 is 0 Å². The molecule has 0 saturated heterocycles. The van der Waals surface area contributed by atoms with Crippen LogP contribution >= 0.6 is 11.6 Å². The van der Waals surface area contributed by atoms with E-state index in [4.69, 9.17) is 16.7 Å². The summed E-state index contributed by atoms with van der Waals surface area (Å²) in [5.41, 5.74) is 2.07. The van der Waals surface area contributed by atoms with Crippen molar-refractivity contribution in [1.82, 2.24) is 9.97 Å². The third-order valence-corrected chi connectivity index (χ3v) is 3.17. The molecule has 0 atom stereocenters. The van der Waals surface area contributed by atoms with Crippen LogP contribution in [0.15, 0.2) is 29.1 Å². The lowest BCUT2D eigenvalue weighted by atomic mass is 10.1. The van der Waals surface area contributed by atoms with E-state index in [2.05, 4.69) is 9.97 Å². The highest BCUT2D eigenvalue weighted by atomic mass is 35.5. The highest BCUT2D eigenvalue weighted by molar-refractivity contribution is 6.30. The van der Waals surface area contributed by atoms with Crippen LogP contribution in [0.1, 0.15) is 22.6 Å². The van der Waals surface area contributed by atoms with E-state index < -0.39 is 0 Å². The fourth-order valence-corrected chi connectivity index (χ4v) is 2.08. The molecule has 0 spiro atoms. The summed E-state index contributed by atoms with van der Waals surface area (Å²) in [5.74, 6) is 0.617. The first-order valence-corrected chi connectivity index (χ1v) is 6.42. The van der Waals surface area contributed by atoms with Crippen LogP contribution in [0.3, 0.4) is 0 Å². The summed E-state index contributed by atoms with van der Waals surface area (Å²) in [5, 5.41) is 9.59. The molecule has 0 radical (unpaired) electrons. The van der Waals surface area contributed by atoms with Gasteiger partial charge in [-0.25, -0.2) is 4.98 Å². The number of aromatic amines is 1. The average molecular weight is 279 g/mol. The maximum atomic E-state index is 11.9. The number of nitrogens with one attached hydrogen (secondary N) is 1. The molecule has 0 aliphatic carbocycles. The summed E-state index contributed by atoms with van der Waals surface area (Å²) in [6.45, 7) is 1.73. The first kappa shape index (κ1) is 13.8. The number of benzene rings is 1. The Kier molecular flexibility index (Phi) is 4.35. The fourth-order valence-electron chi connectivity index (χ4n) is 1.95. The van der Waals surface area contributed by atoms with Gasteiger partial charge < -0.3 is 10.1 Å². The van der Waals surface area contributed by atoms with Crippen molar-refractivity contribution in [2.24, 2.45) is 0 Å². The summed E-state index contributed by atoms with van der Waals surface area (Å²) < 4.78 is 0. The Balaban J connectivity index is 2.27. The van der Waals surface area contributed by atoms with Gasteiger partial charge in [-0.15, -0.1) is 0 Å². The van der Waals surface area contributed by atoms with E-state index in [-0.39, 0.29) is 12.2 Å². The molecule has 19 heavy (non-hydrogen) atoms. The highest BCUT2D eigenvalue weighted by Crippen LogP contribution is 2.12. The Morgan fingerprint density at radius 2 is 2.00 bits per heavy atom. The first-order chi connectivity index (χ1) is 9.10. The number of hydrogen-bond acceptors (Lipinski definition) is 3. The molecule has 0 bridgehead atoms. The van der Waals surface area contributed by atoms with Crippen LogP contribution in [-0.2, 0) is 12.8 Å². The standard InChI is InChI=1S/C14H15ClN2O2/c1-9-12(6-7-18)14(19)17-13(16-9)8-10-2-4-11(15)5-3-10/h2-5,18H,6-8H2,1H3,(H,16,17,19). The van der Waals surface area contributed by atoms with Crippen molar-refractivity contribution in [2.75, 3.05) is 6.61 Å². The number of H-pyrrole nitrogens is 1. The smallest absolute Gasteiger partial charge is 0.254 e. The van der Waals surface area contributed by atoms with Gasteiger partial charge in [-0.3, -0.25) is 4.79 Å². The van der Waals surface area contributed by atoms with Gasteiger partial charge >= 0.3 is 0 Å². The van der Waals surface area contributed by atoms with Crippen LogP contribution in [0.25, 0.3) is 0 Å². The molecule has 5 heteroatoms.